The zero-order valence-corrected chi connectivity index (χ0v) is 7.17. The molecule has 0 unspecified atom stereocenters. The van der Waals surface area contributed by atoms with E-state index in [-0.39, 0.29) is 0 Å². The molecule has 0 radical (unpaired) electrons. The van der Waals surface area contributed by atoms with Crippen molar-refractivity contribution in [1.29, 1.82) is 0 Å². The first-order valence-electron chi connectivity index (χ1n) is 3.72. The van der Waals surface area contributed by atoms with Crippen LogP contribution in [0, 0.1) is 0 Å². The van der Waals surface area contributed by atoms with Gasteiger partial charge in [-0.3, -0.25) is 4.79 Å². The first-order valence-corrected chi connectivity index (χ1v) is 3.72. The van der Waals surface area contributed by atoms with Crippen molar-refractivity contribution >= 4 is 12.2 Å². The van der Waals surface area contributed by atoms with Crippen LogP contribution in [-0.4, -0.2) is 52.4 Å². The van der Waals surface area contributed by atoms with Gasteiger partial charge in [-0.05, 0) is 0 Å². The summed E-state index contributed by atoms with van der Waals surface area (Å²) in [7, 11) is 0. The topological polar surface area (TPSA) is 107 Å². The molecule has 0 rings (SSSR count). The number of aliphatic hydroxyl groups is 3. The van der Waals surface area contributed by atoms with Crippen molar-refractivity contribution in [1.82, 2.24) is 5.32 Å². The second-order valence-corrected chi connectivity index (χ2v) is 2.60. The lowest BCUT2D eigenvalue weighted by atomic mass is 10.1. The molecule has 13 heavy (non-hydrogen) atoms. The van der Waals surface area contributed by atoms with Crippen molar-refractivity contribution < 1.29 is 24.9 Å². The summed E-state index contributed by atoms with van der Waals surface area (Å²) in [5.74, 6) is -0.499. The third kappa shape index (κ3) is 3.97. The zero-order chi connectivity index (χ0) is 10.4. The molecule has 0 aromatic rings. The van der Waals surface area contributed by atoms with Gasteiger partial charge in [0.05, 0.1) is 6.61 Å². The number of aliphatic hydroxyl groups excluding tert-OH is 3. The molecule has 0 aliphatic rings. The largest absolute Gasteiger partial charge is 0.394 e. The van der Waals surface area contributed by atoms with Crippen LogP contribution in [0.3, 0.4) is 0 Å². The van der Waals surface area contributed by atoms with Crippen molar-refractivity contribution in [3.63, 3.8) is 0 Å². The number of carbonyl (C=O) groups is 2. The van der Waals surface area contributed by atoms with Crippen molar-refractivity contribution in [3.8, 4) is 0 Å². The number of carbonyl (C=O) groups excluding carboxylic acids is 2. The molecule has 0 aliphatic heterocycles. The van der Waals surface area contributed by atoms with Gasteiger partial charge in [-0.1, -0.05) is 0 Å². The monoisotopic (exact) mass is 191 g/mol. The molecule has 0 aromatic carbocycles. The Kier molecular flexibility index (Phi) is 5.20. The summed E-state index contributed by atoms with van der Waals surface area (Å²) in [5, 5.41) is 28.7. The van der Waals surface area contributed by atoms with Crippen molar-refractivity contribution in [3.05, 3.63) is 0 Å². The predicted octanol–water partition coefficient (Wildman–Crippen LogP) is -2.60. The normalized spacial score (nSPS) is 17.2. The standard InChI is InChI=1S/C7H13NO5/c1-4(11)8-5(2-9)7(13)6(12)3-10/h2,5-7,10,12-13H,3H2,1H3,(H,8,11)/t5-,6-,7+/m1/s1. The number of amides is 1. The maximum Gasteiger partial charge on any atom is 0.217 e. The van der Waals surface area contributed by atoms with Gasteiger partial charge < -0.3 is 25.4 Å². The SMILES string of the molecule is CC(=O)N[C@H](C=O)[C@H](O)[C@H](O)CO. The number of hydrogen-bond donors (Lipinski definition) is 4. The molecule has 76 valence electrons. The summed E-state index contributed by atoms with van der Waals surface area (Å²) in [6.07, 6.45) is -2.64. The molecular weight excluding hydrogens is 178 g/mol. The van der Waals surface area contributed by atoms with Gasteiger partial charge in [-0.15, -0.1) is 0 Å². The van der Waals surface area contributed by atoms with Gasteiger partial charge in [0.2, 0.25) is 5.91 Å². The number of aldehydes is 1. The van der Waals surface area contributed by atoms with E-state index >= 15 is 0 Å². The molecule has 0 spiro atoms. The van der Waals surface area contributed by atoms with Gasteiger partial charge >= 0.3 is 0 Å². The molecule has 1 amide bonds. The summed E-state index contributed by atoms with van der Waals surface area (Å²) in [6.45, 7) is 0.500. The van der Waals surface area contributed by atoms with E-state index in [0.717, 1.165) is 0 Å². The van der Waals surface area contributed by atoms with Crippen molar-refractivity contribution in [2.24, 2.45) is 0 Å². The molecule has 0 bridgehead atoms. The highest BCUT2D eigenvalue weighted by atomic mass is 16.4. The molecule has 6 heteroatoms. The average molecular weight is 191 g/mol. The molecule has 6 nitrogen and oxygen atoms in total. The van der Waals surface area contributed by atoms with Crippen LogP contribution in [0.2, 0.25) is 0 Å². The fourth-order valence-electron chi connectivity index (χ4n) is 0.782. The van der Waals surface area contributed by atoms with Crippen molar-refractivity contribution in [2.45, 2.75) is 25.2 Å². The summed E-state index contributed by atoms with van der Waals surface area (Å²) < 4.78 is 0. The lowest BCUT2D eigenvalue weighted by Gasteiger charge is -2.21. The Morgan fingerprint density at radius 1 is 1.54 bits per heavy atom. The van der Waals surface area contributed by atoms with E-state index in [1.165, 1.54) is 6.92 Å². The van der Waals surface area contributed by atoms with Crippen LogP contribution in [0.4, 0.5) is 0 Å². The Hall–Kier alpha value is -0.980. The van der Waals surface area contributed by atoms with Crippen LogP contribution in [0.5, 0.6) is 0 Å². The highest BCUT2D eigenvalue weighted by molar-refractivity contribution is 5.77. The van der Waals surface area contributed by atoms with Crippen LogP contribution in [0.1, 0.15) is 6.92 Å². The molecule has 0 heterocycles. The quantitative estimate of drug-likeness (QED) is 0.357. The summed E-state index contributed by atoms with van der Waals surface area (Å²) in [5.41, 5.74) is 0. The lowest BCUT2D eigenvalue weighted by molar-refractivity contribution is -0.126. The molecular formula is C7H13NO5. The molecule has 0 saturated carbocycles. The van der Waals surface area contributed by atoms with Gasteiger partial charge in [-0.25, -0.2) is 0 Å². The summed E-state index contributed by atoms with van der Waals surface area (Å²) in [6, 6.07) is -1.19. The molecule has 3 atom stereocenters. The molecule has 0 aromatic heterocycles. The smallest absolute Gasteiger partial charge is 0.217 e. The third-order valence-electron chi connectivity index (χ3n) is 1.47. The maximum absolute atomic E-state index is 10.5. The Morgan fingerprint density at radius 2 is 2.08 bits per heavy atom. The fraction of sp³-hybridized carbons (Fsp3) is 0.714. The van der Waals surface area contributed by atoms with Crippen molar-refractivity contribution in [2.75, 3.05) is 6.61 Å². The second-order valence-electron chi connectivity index (χ2n) is 2.60. The van der Waals surface area contributed by atoms with E-state index in [1.54, 1.807) is 0 Å². The highest BCUT2D eigenvalue weighted by Gasteiger charge is 2.25. The van der Waals surface area contributed by atoms with E-state index < -0.39 is 30.8 Å². The van der Waals surface area contributed by atoms with E-state index in [2.05, 4.69) is 5.32 Å². The zero-order valence-electron chi connectivity index (χ0n) is 7.17. The van der Waals surface area contributed by atoms with Crippen LogP contribution in [0.15, 0.2) is 0 Å². The Balaban J connectivity index is 4.21. The minimum Gasteiger partial charge on any atom is -0.394 e. The maximum atomic E-state index is 10.5. The molecule has 0 fully saturated rings. The van der Waals surface area contributed by atoms with Gasteiger partial charge in [0.25, 0.3) is 0 Å². The van der Waals surface area contributed by atoms with Gasteiger partial charge in [0.1, 0.15) is 24.5 Å². The van der Waals surface area contributed by atoms with Gasteiger partial charge in [0, 0.05) is 6.92 Å². The molecule has 0 aliphatic carbocycles. The van der Waals surface area contributed by atoms with Crippen LogP contribution in [0.25, 0.3) is 0 Å². The number of rotatable bonds is 5. The molecule has 4 N–H and O–H groups in total. The summed E-state index contributed by atoms with van der Waals surface area (Å²) in [4.78, 5) is 20.8. The number of nitrogens with one attached hydrogen (secondary N) is 1. The van der Waals surface area contributed by atoms with E-state index in [4.69, 9.17) is 10.2 Å². The number of hydrogen-bond acceptors (Lipinski definition) is 5. The van der Waals surface area contributed by atoms with E-state index in [0.29, 0.717) is 6.29 Å². The first-order chi connectivity index (χ1) is 6.02. The van der Waals surface area contributed by atoms with Crippen LogP contribution >= 0.6 is 0 Å². The third-order valence-corrected chi connectivity index (χ3v) is 1.47. The second kappa shape index (κ2) is 5.63. The Bertz CT molecular complexity index is 184. The summed E-state index contributed by atoms with van der Waals surface area (Å²) >= 11 is 0. The fourth-order valence-corrected chi connectivity index (χ4v) is 0.782. The lowest BCUT2D eigenvalue weighted by Crippen LogP contribution is -2.49. The van der Waals surface area contributed by atoms with Gasteiger partial charge in [0.15, 0.2) is 0 Å². The highest BCUT2D eigenvalue weighted by Crippen LogP contribution is 1.97. The Morgan fingerprint density at radius 3 is 2.38 bits per heavy atom. The molecule has 0 saturated heterocycles. The predicted molar refractivity (Wildman–Crippen MR) is 42.8 cm³/mol. The van der Waals surface area contributed by atoms with Crippen LogP contribution in [-0.2, 0) is 9.59 Å². The minimum atomic E-state index is -1.49. The average Bonchev–Trinajstić information content (AvgIpc) is 2.11. The van der Waals surface area contributed by atoms with E-state index in [1.807, 2.05) is 0 Å². The van der Waals surface area contributed by atoms with Gasteiger partial charge in [-0.2, -0.15) is 0 Å². The first kappa shape index (κ1) is 12.0. The van der Waals surface area contributed by atoms with E-state index in [9.17, 15) is 14.7 Å². The Labute approximate surface area is 75.2 Å². The minimum absolute atomic E-state index is 0.297. The van der Waals surface area contributed by atoms with Crippen LogP contribution < -0.4 is 5.32 Å².